The maximum atomic E-state index is 14.2. The molecule has 8 nitrogen and oxygen atoms in total. The van der Waals surface area contributed by atoms with Crippen LogP contribution >= 0.6 is 11.6 Å². The average Bonchev–Trinajstić information content (AvgIpc) is 3.49. The molecule has 0 N–H and O–H groups in total. The summed E-state index contributed by atoms with van der Waals surface area (Å²) < 4.78 is 44.3. The van der Waals surface area contributed by atoms with Crippen LogP contribution in [0.2, 0.25) is 5.15 Å². The molecule has 0 bridgehead atoms. The van der Waals surface area contributed by atoms with Gasteiger partial charge in [0.15, 0.2) is 16.8 Å². The largest absolute Gasteiger partial charge is 0.413 e. The number of hydrogen-bond donors (Lipinski definition) is 0. The first kappa shape index (κ1) is 25.3. The molecule has 0 radical (unpaired) electrons. The molecule has 1 fully saturated rings. The molecule has 0 aliphatic carbocycles. The van der Waals surface area contributed by atoms with Crippen LogP contribution in [0, 0.1) is 5.92 Å². The molecule has 196 valence electrons. The number of alkyl halides is 3. The molecule has 37 heavy (non-hydrogen) atoms. The lowest BCUT2D eigenvalue weighted by atomic mass is 10.0. The average molecular weight is 535 g/mol. The lowest BCUT2D eigenvalue weighted by molar-refractivity contribution is -0.190. The highest BCUT2D eigenvalue weighted by atomic mass is 35.5. The van der Waals surface area contributed by atoms with E-state index in [-0.39, 0.29) is 18.0 Å². The predicted octanol–water partition coefficient (Wildman–Crippen LogP) is 4.40. The summed E-state index contributed by atoms with van der Waals surface area (Å²) >= 11 is 6.05. The SMILES string of the molecule is CC(=O)N1CC[C@@H](C(=O)N(C)[C@@H](c2ccc(N3CCCc4c3cnc3cc(Cl)nn43)cc2)C(F)(F)F)C1. The molecule has 3 aromatic rings. The fraction of sp³-hybridized carbons (Fsp3) is 0.440. The number of nitrogens with zero attached hydrogens (tertiary/aromatic N) is 6. The Hall–Kier alpha value is -3.34. The number of hydrogen-bond acceptors (Lipinski definition) is 5. The standard InChI is InChI=1S/C25H26ClF3N6O2/c1-15(36)33-11-9-17(14-33)24(37)32(2)23(25(27,28)29)16-5-7-18(8-6-16)34-10-3-4-19-20(34)13-30-22-12-21(26)31-35(19)22/h5-8,12-13,17,23H,3-4,9-11,14H2,1-2H3/t17-,23+/m1/s1. The van der Waals surface area contributed by atoms with Gasteiger partial charge in [-0.15, -0.1) is 0 Å². The summed E-state index contributed by atoms with van der Waals surface area (Å²) in [5.41, 5.74) is 3.07. The monoisotopic (exact) mass is 534 g/mol. The number of aromatic nitrogens is 3. The van der Waals surface area contributed by atoms with Crippen LogP contribution in [-0.4, -0.2) is 69.1 Å². The van der Waals surface area contributed by atoms with Gasteiger partial charge in [0.2, 0.25) is 11.8 Å². The number of amides is 2. The summed E-state index contributed by atoms with van der Waals surface area (Å²) in [7, 11) is 1.18. The number of carbonyl (C=O) groups excluding carboxylic acids is 2. The van der Waals surface area contributed by atoms with E-state index in [4.69, 9.17) is 11.6 Å². The lowest BCUT2D eigenvalue weighted by Gasteiger charge is -2.33. The Morgan fingerprint density at radius 1 is 1.19 bits per heavy atom. The van der Waals surface area contributed by atoms with Crippen molar-refractivity contribution in [2.75, 3.05) is 31.6 Å². The predicted molar refractivity (Wildman–Crippen MR) is 132 cm³/mol. The van der Waals surface area contributed by atoms with Crippen LogP contribution in [-0.2, 0) is 16.0 Å². The van der Waals surface area contributed by atoms with Gasteiger partial charge in [-0.1, -0.05) is 23.7 Å². The number of carbonyl (C=O) groups is 2. The summed E-state index contributed by atoms with van der Waals surface area (Å²) in [6, 6.07) is 5.68. The molecule has 1 aromatic carbocycles. The Morgan fingerprint density at radius 2 is 1.92 bits per heavy atom. The molecule has 2 atom stereocenters. The van der Waals surface area contributed by atoms with Crippen molar-refractivity contribution in [2.24, 2.45) is 5.92 Å². The molecule has 0 unspecified atom stereocenters. The normalized spacial score (nSPS) is 18.7. The number of likely N-dealkylation sites (tertiary alicyclic amines) is 1. The third kappa shape index (κ3) is 4.72. The minimum atomic E-state index is -4.67. The van der Waals surface area contributed by atoms with Crippen LogP contribution in [0.25, 0.3) is 5.65 Å². The summed E-state index contributed by atoms with van der Waals surface area (Å²) in [5.74, 6) is -1.46. The van der Waals surface area contributed by atoms with Gasteiger partial charge in [0.05, 0.1) is 23.5 Å². The second-order valence-electron chi connectivity index (χ2n) is 9.52. The minimum absolute atomic E-state index is 0.0295. The van der Waals surface area contributed by atoms with Crippen LogP contribution in [0.4, 0.5) is 24.5 Å². The first-order valence-electron chi connectivity index (χ1n) is 12.0. The zero-order chi connectivity index (χ0) is 26.5. The van der Waals surface area contributed by atoms with Gasteiger partial charge in [-0.2, -0.15) is 18.3 Å². The van der Waals surface area contributed by atoms with E-state index in [1.165, 1.54) is 31.0 Å². The molecule has 1 saturated heterocycles. The zero-order valence-corrected chi connectivity index (χ0v) is 21.1. The summed E-state index contributed by atoms with van der Waals surface area (Å²) in [5, 5.41) is 4.65. The van der Waals surface area contributed by atoms with E-state index in [1.54, 1.807) is 28.9 Å². The van der Waals surface area contributed by atoms with Crippen LogP contribution in [0.3, 0.4) is 0 Å². The highest BCUT2D eigenvalue weighted by molar-refractivity contribution is 6.29. The van der Waals surface area contributed by atoms with Gasteiger partial charge >= 0.3 is 6.18 Å². The first-order chi connectivity index (χ1) is 17.5. The van der Waals surface area contributed by atoms with Crippen LogP contribution < -0.4 is 4.90 Å². The van der Waals surface area contributed by atoms with Crippen LogP contribution in [0.1, 0.15) is 37.1 Å². The molecule has 0 saturated carbocycles. The zero-order valence-electron chi connectivity index (χ0n) is 20.4. The molecule has 12 heteroatoms. The number of aryl methyl sites for hydroxylation is 1. The number of benzene rings is 1. The molecule has 2 aliphatic rings. The van der Waals surface area contributed by atoms with Gasteiger partial charge < -0.3 is 14.7 Å². The fourth-order valence-electron chi connectivity index (χ4n) is 5.33. The van der Waals surface area contributed by atoms with E-state index >= 15 is 0 Å². The summed E-state index contributed by atoms with van der Waals surface area (Å²) in [4.78, 5) is 33.3. The van der Waals surface area contributed by atoms with Crippen LogP contribution in [0.5, 0.6) is 0 Å². The number of halogens is 4. The first-order valence-corrected chi connectivity index (χ1v) is 12.4. The lowest BCUT2D eigenvalue weighted by Crippen LogP contribution is -2.43. The maximum absolute atomic E-state index is 14.2. The van der Waals surface area contributed by atoms with Crippen molar-refractivity contribution in [3.63, 3.8) is 0 Å². The van der Waals surface area contributed by atoms with E-state index < -0.39 is 24.0 Å². The molecule has 4 heterocycles. The number of anilines is 2. The minimum Gasteiger partial charge on any atom is -0.342 e. The number of rotatable bonds is 4. The van der Waals surface area contributed by atoms with Crippen molar-refractivity contribution < 1.29 is 22.8 Å². The molecule has 2 aliphatic heterocycles. The van der Waals surface area contributed by atoms with Gasteiger partial charge in [-0.05, 0) is 37.0 Å². The molecule has 2 amide bonds. The van der Waals surface area contributed by atoms with Gasteiger partial charge in [-0.3, -0.25) is 9.59 Å². The second-order valence-corrected chi connectivity index (χ2v) is 9.91. The fourth-order valence-corrected chi connectivity index (χ4v) is 5.50. The third-order valence-electron chi connectivity index (χ3n) is 7.17. The van der Waals surface area contributed by atoms with Crippen molar-refractivity contribution in [2.45, 2.75) is 38.4 Å². The van der Waals surface area contributed by atoms with E-state index in [2.05, 4.69) is 10.1 Å². The maximum Gasteiger partial charge on any atom is 0.413 e. The smallest absolute Gasteiger partial charge is 0.342 e. The second kappa shape index (κ2) is 9.51. The Labute approximate surface area is 216 Å². The Balaban J connectivity index is 1.41. The van der Waals surface area contributed by atoms with Crippen molar-refractivity contribution >= 4 is 40.4 Å². The topological polar surface area (TPSA) is 74.1 Å². The quantitative estimate of drug-likeness (QED) is 0.496. The van der Waals surface area contributed by atoms with E-state index in [0.29, 0.717) is 36.0 Å². The van der Waals surface area contributed by atoms with Crippen LogP contribution in [0.15, 0.2) is 36.5 Å². The van der Waals surface area contributed by atoms with E-state index in [0.717, 1.165) is 29.1 Å². The van der Waals surface area contributed by atoms with Crippen molar-refractivity contribution in [3.8, 4) is 0 Å². The van der Waals surface area contributed by atoms with Crippen molar-refractivity contribution in [3.05, 3.63) is 52.9 Å². The highest BCUT2D eigenvalue weighted by Crippen LogP contribution is 2.40. The van der Waals surface area contributed by atoms with Crippen molar-refractivity contribution in [1.29, 1.82) is 0 Å². The molecular weight excluding hydrogens is 509 g/mol. The van der Waals surface area contributed by atoms with Crippen molar-refractivity contribution in [1.82, 2.24) is 24.4 Å². The van der Waals surface area contributed by atoms with E-state index in [1.807, 2.05) is 4.90 Å². The summed E-state index contributed by atoms with van der Waals surface area (Å²) in [6.45, 7) is 2.57. The van der Waals surface area contributed by atoms with Gasteiger partial charge in [-0.25, -0.2) is 9.50 Å². The molecule has 5 rings (SSSR count). The Morgan fingerprint density at radius 3 is 2.57 bits per heavy atom. The third-order valence-corrected chi connectivity index (χ3v) is 7.35. The number of fused-ring (bicyclic) bond motifs is 3. The molecular formula is C25H26ClF3N6O2. The Bertz CT molecular complexity index is 1340. The van der Waals surface area contributed by atoms with Gasteiger partial charge in [0.1, 0.15) is 0 Å². The summed E-state index contributed by atoms with van der Waals surface area (Å²) in [6.07, 6.45) is -0.994. The van der Waals surface area contributed by atoms with Gasteiger partial charge in [0.25, 0.3) is 0 Å². The van der Waals surface area contributed by atoms with Gasteiger partial charge in [0, 0.05) is 45.4 Å². The highest BCUT2D eigenvalue weighted by Gasteiger charge is 2.47. The Kier molecular flexibility index (Phi) is 6.51. The molecule has 0 spiro atoms. The molecule has 2 aromatic heterocycles. The van der Waals surface area contributed by atoms with E-state index in [9.17, 15) is 22.8 Å².